The van der Waals surface area contributed by atoms with Crippen molar-refractivity contribution in [3.05, 3.63) is 69.7 Å². The molecule has 0 radical (unpaired) electrons. The lowest BCUT2D eigenvalue weighted by Crippen LogP contribution is -2.49. The molecule has 2 aromatic rings. The van der Waals surface area contributed by atoms with Gasteiger partial charge in [-0.1, -0.05) is 85.9 Å². The SMILES string of the molecule is C[C@@H](C(=O)NC1CCCC1)N(Cc1ccc(Br)cc1)C(=O)CCc1ccc(C(C)(C)C)cc1. The van der Waals surface area contributed by atoms with Crippen LogP contribution in [0.2, 0.25) is 0 Å². The van der Waals surface area contributed by atoms with Gasteiger partial charge in [0.1, 0.15) is 6.04 Å². The zero-order chi connectivity index (χ0) is 24.0. The zero-order valence-corrected chi connectivity index (χ0v) is 22.0. The van der Waals surface area contributed by atoms with Crippen LogP contribution >= 0.6 is 15.9 Å². The summed E-state index contributed by atoms with van der Waals surface area (Å²) in [7, 11) is 0. The van der Waals surface area contributed by atoms with Crippen molar-refractivity contribution >= 4 is 27.7 Å². The van der Waals surface area contributed by atoms with Crippen LogP contribution in [0.4, 0.5) is 0 Å². The molecular formula is C28H37BrN2O2. The minimum atomic E-state index is -0.509. The average molecular weight is 514 g/mol. The van der Waals surface area contributed by atoms with Gasteiger partial charge in [-0.2, -0.15) is 0 Å². The molecule has 1 fully saturated rings. The number of amides is 2. The first-order valence-electron chi connectivity index (χ1n) is 12.1. The van der Waals surface area contributed by atoms with Gasteiger partial charge in [0, 0.05) is 23.5 Å². The van der Waals surface area contributed by atoms with Gasteiger partial charge in [-0.25, -0.2) is 0 Å². The van der Waals surface area contributed by atoms with Crippen LogP contribution < -0.4 is 5.32 Å². The molecule has 0 aliphatic heterocycles. The van der Waals surface area contributed by atoms with Crippen LogP contribution in [0.1, 0.15) is 76.5 Å². The quantitative estimate of drug-likeness (QED) is 0.460. The number of halogens is 1. The van der Waals surface area contributed by atoms with Gasteiger partial charge in [-0.05, 0) is 60.4 Å². The molecule has 33 heavy (non-hydrogen) atoms. The Morgan fingerprint density at radius 1 is 1.00 bits per heavy atom. The fraction of sp³-hybridized carbons (Fsp3) is 0.500. The lowest BCUT2D eigenvalue weighted by Gasteiger charge is -2.30. The molecule has 178 valence electrons. The van der Waals surface area contributed by atoms with Crippen LogP contribution in [0.5, 0.6) is 0 Å². The summed E-state index contributed by atoms with van der Waals surface area (Å²) in [5.41, 5.74) is 3.55. The molecule has 1 N–H and O–H groups in total. The molecule has 0 saturated heterocycles. The van der Waals surface area contributed by atoms with Crippen LogP contribution in [0.15, 0.2) is 53.0 Å². The topological polar surface area (TPSA) is 49.4 Å². The number of nitrogens with zero attached hydrogens (tertiary/aromatic N) is 1. The lowest BCUT2D eigenvalue weighted by atomic mass is 9.86. The van der Waals surface area contributed by atoms with E-state index in [1.807, 2.05) is 31.2 Å². The summed E-state index contributed by atoms with van der Waals surface area (Å²) in [6.45, 7) is 8.87. The Labute approximate surface area is 207 Å². The molecule has 0 aromatic heterocycles. The summed E-state index contributed by atoms with van der Waals surface area (Å²) in [5, 5.41) is 3.16. The summed E-state index contributed by atoms with van der Waals surface area (Å²) in [4.78, 5) is 28.0. The first-order valence-corrected chi connectivity index (χ1v) is 12.9. The fourth-order valence-corrected chi connectivity index (χ4v) is 4.59. The third kappa shape index (κ3) is 7.43. The van der Waals surface area contributed by atoms with E-state index in [2.05, 4.69) is 66.3 Å². The van der Waals surface area contributed by atoms with E-state index in [1.54, 1.807) is 4.90 Å². The van der Waals surface area contributed by atoms with E-state index in [4.69, 9.17) is 0 Å². The predicted octanol–water partition coefficient (Wildman–Crippen LogP) is 6.16. The summed E-state index contributed by atoms with van der Waals surface area (Å²) < 4.78 is 0.995. The number of aryl methyl sites for hydroxylation is 1. The van der Waals surface area contributed by atoms with Gasteiger partial charge < -0.3 is 10.2 Å². The molecule has 4 nitrogen and oxygen atoms in total. The molecule has 2 aromatic carbocycles. The van der Waals surface area contributed by atoms with E-state index in [0.717, 1.165) is 41.3 Å². The van der Waals surface area contributed by atoms with Crippen molar-refractivity contribution < 1.29 is 9.59 Å². The molecule has 0 unspecified atom stereocenters. The Kier molecular flexibility index (Phi) is 8.75. The van der Waals surface area contributed by atoms with E-state index >= 15 is 0 Å². The maximum absolute atomic E-state index is 13.3. The second-order valence-corrected chi connectivity index (χ2v) is 11.2. The zero-order valence-electron chi connectivity index (χ0n) is 20.4. The highest BCUT2D eigenvalue weighted by Crippen LogP contribution is 2.23. The molecule has 0 heterocycles. The van der Waals surface area contributed by atoms with Crippen molar-refractivity contribution in [2.75, 3.05) is 0 Å². The van der Waals surface area contributed by atoms with Gasteiger partial charge in [-0.3, -0.25) is 9.59 Å². The Balaban J connectivity index is 1.69. The minimum Gasteiger partial charge on any atom is -0.352 e. The molecule has 1 atom stereocenters. The Morgan fingerprint density at radius 2 is 1.58 bits per heavy atom. The number of rotatable bonds is 8. The average Bonchev–Trinajstić information content (AvgIpc) is 3.29. The molecule has 1 aliphatic rings. The standard InChI is InChI=1S/C28H37BrN2O2/c1-20(27(33)30-25-7-5-6-8-25)31(19-22-11-16-24(29)17-12-22)26(32)18-13-21-9-14-23(15-10-21)28(2,3)4/h9-12,14-17,20,25H,5-8,13,18-19H2,1-4H3,(H,30,33)/t20-/m0/s1. The van der Waals surface area contributed by atoms with Gasteiger partial charge in [0.25, 0.3) is 0 Å². The molecule has 0 bridgehead atoms. The number of carbonyl (C=O) groups is 2. The van der Waals surface area contributed by atoms with Crippen LogP contribution in [-0.4, -0.2) is 28.8 Å². The monoisotopic (exact) mass is 512 g/mol. The molecule has 1 aliphatic carbocycles. The normalized spacial score (nSPS) is 15.3. The van der Waals surface area contributed by atoms with E-state index in [9.17, 15) is 9.59 Å². The Bertz CT molecular complexity index is 926. The van der Waals surface area contributed by atoms with Crippen LogP contribution in [0.25, 0.3) is 0 Å². The van der Waals surface area contributed by atoms with Crippen molar-refractivity contribution in [3.63, 3.8) is 0 Å². The minimum absolute atomic E-state index is 0.00638. The van der Waals surface area contributed by atoms with Crippen LogP contribution in [-0.2, 0) is 28.0 Å². The predicted molar refractivity (Wildman–Crippen MR) is 138 cm³/mol. The summed E-state index contributed by atoms with van der Waals surface area (Å²) >= 11 is 3.46. The largest absolute Gasteiger partial charge is 0.352 e. The second kappa shape index (κ2) is 11.3. The van der Waals surface area contributed by atoms with Crippen molar-refractivity contribution in [2.45, 2.75) is 90.3 Å². The molecular weight excluding hydrogens is 476 g/mol. The Morgan fingerprint density at radius 3 is 2.15 bits per heavy atom. The molecule has 1 saturated carbocycles. The molecule has 0 spiro atoms. The Hall–Kier alpha value is -2.14. The van der Waals surface area contributed by atoms with Crippen molar-refractivity contribution in [1.82, 2.24) is 10.2 Å². The molecule has 5 heteroatoms. The third-order valence-electron chi connectivity index (χ3n) is 6.58. The molecule has 2 amide bonds. The number of benzene rings is 2. The maximum Gasteiger partial charge on any atom is 0.242 e. The summed E-state index contributed by atoms with van der Waals surface area (Å²) in [6, 6.07) is 16.2. The third-order valence-corrected chi connectivity index (χ3v) is 7.11. The number of hydrogen-bond acceptors (Lipinski definition) is 2. The van der Waals surface area contributed by atoms with Gasteiger partial charge in [0.05, 0.1) is 0 Å². The summed E-state index contributed by atoms with van der Waals surface area (Å²) in [6.07, 6.45) is 5.43. The number of nitrogens with one attached hydrogen (secondary N) is 1. The van der Waals surface area contributed by atoms with Crippen LogP contribution in [0, 0.1) is 0 Å². The number of carbonyl (C=O) groups excluding carboxylic acids is 2. The highest BCUT2D eigenvalue weighted by atomic mass is 79.9. The fourth-order valence-electron chi connectivity index (χ4n) is 4.33. The number of hydrogen-bond donors (Lipinski definition) is 1. The van der Waals surface area contributed by atoms with Crippen molar-refractivity contribution in [1.29, 1.82) is 0 Å². The van der Waals surface area contributed by atoms with Crippen molar-refractivity contribution in [2.24, 2.45) is 0 Å². The van der Waals surface area contributed by atoms with E-state index in [0.29, 0.717) is 19.4 Å². The van der Waals surface area contributed by atoms with E-state index in [1.165, 1.54) is 5.56 Å². The lowest BCUT2D eigenvalue weighted by molar-refractivity contribution is -0.140. The highest BCUT2D eigenvalue weighted by molar-refractivity contribution is 9.10. The second-order valence-electron chi connectivity index (χ2n) is 10.3. The molecule has 3 rings (SSSR count). The van der Waals surface area contributed by atoms with Gasteiger partial charge in [0.2, 0.25) is 11.8 Å². The maximum atomic E-state index is 13.3. The van der Waals surface area contributed by atoms with Gasteiger partial charge >= 0.3 is 0 Å². The first-order chi connectivity index (χ1) is 15.6. The van der Waals surface area contributed by atoms with Crippen molar-refractivity contribution in [3.8, 4) is 0 Å². The summed E-state index contributed by atoms with van der Waals surface area (Å²) in [5.74, 6) is -0.0474. The van der Waals surface area contributed by atoms with Gasteiger partial charge in [0.15, 0.2) is 0 Å². The smallest absolute Gasteiger partial charge is 0.242 e. The van der Waals surface area contributed by atoms with Crippen LogP contribution in [0.3, 0.4) is 0 Å². The van der Waals surface area contributed by atoms with E-state index < -0.39 is 6.04 Å². The first kappa shape index (κ1) is 25.5. The highest BCUT2D eigenvalue weighted by Gasteiger charge is 2.28. The van der Waals surface area contributed by atoms with E-state index in [-0.39, 0.29) is 23.3 Å². The van der Waals surface area contributed by atoms with Gasteiger partial charge in [-0.15, -0.1) is 0 Å².